The van der Waals surface area contributed by atoms with E-state index in [1.165, 1.54) is 7.11 Å². The summed E-state index contributed by atoms with van der Waals surface area (Å²) in [7, 11) is 4.67. The maximum absolute atomic E-state index is 12.5. The molecule has 2 aromatic rings. The van der Waals surface area contributed by atoms with Crippen LogP contribution in [-0.2, 0) is 16.0 Å². The van der Waals surface area contributed by atoms with Crippen molar-refractivity contribution in [2.45, 2.75) is 39.2 Å². The molecule has 0 spiro atoms. The van der Waals surface area contributed by atoms with Crippen LogP contribution in [0.25, 0.3) is 0 Å². The van der Waals surface area contributed by atoms with Gasteiger partial charge in [0.2, 0.25) is 5.91 Å². The minimum Gasteiger partial charge on any atom is -0.497 e. The van der Waals surface area contributed by atoms with E-state index in [9.17, 15) is 9.59 Å². The Labute approximate surface area is 182 Å². The summed E-state index contributed by atoms with van der Waals surface area (Å²) >= 11 is 0. The number of nitrogens with one attached hydrogen (secondary N) is 2. The third-order valence-corrected chi connectivity index (χ3v) is 4.23. The molecule has 168 valence electrons. The average molecular weight is 431 g/mol. The molecule has 0 saturated heterocycles. The molecule has 0 atom stereocenters. The lowest BCUT2D eigenvalue weighted by atomic mass is 10.1. The van der Waals surface area contributed by atoms with Crippen LogP contribution in [0.2, 0.25) is 0 Å². The summed E-state index contributed by atoms with van der Waals surface area (Å²) < 4.78 is 21.2. The minimum atomic E-state index is -0.635. The number of carbonyl (C=O) groups excluding carboxylic acids is 2. The number of ether oxygens (including phenoxy) is 4. The second-order valence-corrected chi connectivity index (χ2v) is 7.77. The van der Waals surface area contributed by atoms with Crippen LogP contribution < -0.4 is 24.8 Å². The van der Waals surface area contributed by atoms with Gasteiger partial charge >= 0.3 is 6.09 Å². The molecule has 2 N–H and O–H groups in total. The van der Waals surface area contributed by atoms with Gasteiger partial charge in [0.25, 0.3) is 0 Å². The van der Waals surface area contributed by atoms with Crippen molar-refractivity contribution in [2.24, 2.45) is 0 Å². The van der Waals surface area contributed by atoms with Crippen molar-refractivity contribution in [1.29, 1.82) is 0 Å². The monoisotopic (exact) mass is 430 g/mol. The van der Waals surface area contributed by atoms with E-state index in [2.05, 4.69) is 10.6 Å². The zero-order chi connectivity index (χ0) is 23.0. The first kappa shape index (κ1) is 23.9. The number of benzene rings is 2. The summed E-state index contributed by atoms with van der Waals surface area (Å²) in [6.07, 6.45) is 0.106. The molecule has 0 heterocycles. The lowest BCUT2D eigenvalue weighted by molar-refractivity contribution is -0.116. The van der Waals surface area contributed by atoms with E-state index in [-0.39, 0.29) is 12.3 Å². The predicted octanol–water partition coefficient (Wildman–Crippen LogP) is 4.63. The molecule has 0 aliphatic heterocycles. The number of anilines is 2. The Hall–Kier alpha value is -3.42. The van der Waals surface area contributed by atoms with E-state index >= 15 is 0 Å². The van der Waals surface area contributed by atoms with Gasteiger partial charge in [-0.1, -0.05) is 0 Å². The summed E-state index contributed by atoms with van der Waals surface area (Å²) in [5, 5.41) is 5.48. The van der Waals surface area contributed by atoms with Gasteiger partial charge in [-0.2, -0.15) is 0 Å². The van der Waals surface area contributed by atoms with Crippen molar-refractivity contribution in [1.82, 2.24) is 0 Å². The average Bonchev–Trinajstić information content (AvgIpc) is 2.70. The van der Waals surface area contributed by atoms with Crippen LogP contribution in [0.5, 0.6) is 17.2 Å². The van der Waals surface area contributed by atoms with E-state index in [4.69, 9.17) is 18.9 Å². The Morgan fingerprint density at radius 3 is 2.16 bits per heavy atom. The third kappa shape index (κ3) is 7.40. The Balaban J connectivity index is 2.05. The van der Waals surface area contributed by atoms with Crippen LogP contribution in [-0.4, -0.2) is 38.9 Å². The molecule has 2 amide bonds. The van der Waals surface area contributed by atoms with Gasteiger partial charge in [0.05, 0.1) is 27.0 Å². The van der Waals surface area contributed by atoms with Crippen LogP contribution in [0, 0.1) is 0 Å². The van der Waals surface area contributed by atoms with Gasteiger partial charge < -0.3 is 24.3 Å². The van der Waals surface area contributed by atoms with Gasteiger partial charge in [-0.15, -0.1) is 0 Å². The fourth-order valence-corrected chi connectivity index (χ4v) is 2.85. The molecule has 0 aliphatic carbocycles. The number of rotatable bonds is 8. The predicted molar refractivity (Wildman–Crippen MR) is 119 cm³/mol. The van der Waals surface area contributed by atoms with Crippen LogP contribution in [0.4, 0.5) is 16.2 Å². The molecule has 0 fully saturated rings. The number of aryl methyl sites for hydroxylation is 1. The zero-order valence-electron chi connectivity index (χ0n) is 18.8. The fourth-order valence-electron chi connectivity index (χ4n) is 2.85. The highest BCUT2D eigenvalue weighted by molar-refractivity contribution is 5.93. The largest absolute Gasteiger partial charge is 0.497 e. The molecular formula is C23H30N2O6. The first-order chi connectivity index (χ1) is 14.6. The Morgan fingerprint density at radius 1 is 0.871 bits per heavy atom. The maximum Gasteiger partial charge on any atom is 0.412 e. The number of hydrogen-bond donors (Lipinski definition) is 2. The SMILES string of the molecule is COc1ccc(OC)c(CCC(=O)Nc2ccc(OC)c(NC(=O)OC(C)(C)C)c2)c1. The van der Waals surface area contributed by atoms with Crippen LogP contribution >= 0.6 is 0 Å². The molecule has 8 heteroatoms. The second-order valence-electron chi connectivity index (χ2n) is 7.77. The molecule has 0 aliphatic rings. The molecular weight excluding hydrogens is 400 g/mol. The summed E-state index contributed by atoms with van der Waals surface area (Å²) in [6.45, 7) is 5.33. The molecule has 0 aromatic heterocycles. The van der Waals surface area contributed by atoms with Crippen molar-refractivity contribution in [3.8, 4) is 17.2 Å². The van der Waals surface area contributed by atoms with Crippen molar-refractivity contribution in [3.05, 3.63) is 42.0 Å². The lowest BCUT2D eigenvalue weighted by Gasteiger charge is -2.20. The number of hydrogen-bond acceptors (Lipinski definition) is 6. The maximum atomic E-state index is 12.5. The van der Waals surface area contributed by atoms with Gasteiger partial charge in [-0.3, -0.25) is 10.1 Å². The molecule has 0 bridgehead atoms. The molecule has 0 saturated carbocycles. The van der Waals surface area contributed by atoms with E-state index in [0.29, 0.717) is 35.0 Å². The van der Waals surface area contributed by atoms with Gasteiger partial charge in [-0.25, -0.2) is 4.79 Å². The van der Waals surface area contributed by atoms with Crippen molar-refractivity contribution >= 4 is 23.4 Å². The first-order valence-electron chi connectivity index (χ1n) is 9.84. The smallest absolute Gasteiger partial charge is 0.412 e. The van der Waals surface area contributed by atoms with E-state index in [1.807, 2.05) is 12.1 Å². The van der Waals surface area contributed by atoms with Crippen LogP contribution in [0.15, 0.2) is 36.4 Å². The number of methoxy groups -OCH3 is 3. The fraction of sp³-hybridized carbons (Fsp3) is 0.391. The zero-order valence-corrected chi connectivity index (χ0v) is 18.8. The minimum absolute atomic E-state index is 0.182. The first-order valence-corrected chi connectivity index (χ1v) is 9.84. The highest BCUT2D eigenvalue weighted by Crippen LogP contribution is 2.29. The van der Waals surface area contributed by atoms with Crippen molar-refractivity contribution in [2.75, 3.05) is 32.0 Å². The lowest BCUT2D eigenvalue weighted by Crippen LogP contribution is -2.27. The second kappa shape index (κ2) is 10.6. The summed E-state index contributed by atoms with van der Waals surface area (Å²) in [4.78, 5) is 24.6. The van der Waals surface area contributed by atoms with Crippen molar-refractivity contribution < 1.29 is 28.5 Å². The molecule has 0 radical (unpaired) electrons. The summed E-state index contributed by atoms with van der Waals surface area (Å²) in [6, 6.07) is 10.4. The molecule has 2 rings (SSSR count). The van der Waals surface area contributed by atoms with Gasteiger partial charge in [-0.05, 0) is 69.2 Å². The standard InChI is InChI=1S/C23H30N2O6/c1-23(2,3)31-22(27)25-18-14-16(8-10-20(18)30-6)24-21(26)12-7-15-13-17(28-4)9-11-19(15)29-5/h8-11,13-14H,7,12H2,1-6H3,(H,24,26)(H,25,27). The Morgan fingerprint density at radius 2 is 1.55 bits per heavy atom. The van der Waals surface area contributed by atoms with Gasteiger partial charge in [0.1, 0.15) is 22.8 Å². The Bertz CT molecular complexity index is 921. The molecule has 8 nitrogen and oxygen atoms in total. The van der Waals surface area contributed by atoms with Gasteiger partial charge in [0, 0.05) is 12.1 Å². The summed E-state index contributed by atoms with van der Waals surface area (Å²) in [5.41, 5.74) is 1.15. The van der Waals surface area contributed by atoms with Crippen LogP contribution in [0.1, 0.15) is 32.8 Å². The highest BCUT2D eigenvalue weighted by atomic mass is 16.6. The third-order valence-electron chi connectivity index (χ3n) is 4.23. The van der Waals surface area contributed by atoms with E-state index in [0.717, 1.165) is 5.56 Å². The van der Waals surface area contributed by atoms with Crippen LogP contribution in [0.3, 0.4) is 0 Å². The van der Waals surface area contributed by atoms with Crippen molar-refractivity contribution in [3.63, 3.8) is 0 Å². The number of carbonyl (C=O) groups is 2. The molecule has 31 heavy (non-hydrogen) atoms. The molecule has 0 unspecified atom stereocenters. The van der Waals surface area contributed by atoms with E-state index < -0.39 is 11.7 Å². The number of amides is 2. The normalized spacial score (nSPS) is 10.8. The topological polar surface area (TPSA) is 95.1 Å². The molecule has 2 aromatic carbocycles. The quantitative estimate of drug-likeness (QED) is 0.634. The Kier molecular flexibility index (Phi) is 8.13. The van der Waals surface area contributed by atoms with Gasteiger partial charge in [0.15, 0.2) is 0 Å². The summed E-state index contributed by atoms with van der Waals surface area (Å²) in [5.74, 6) is 1.66. The highest BCUT2D eigenvalue weighted by Gasteiger charge is 2.18. The van der Waals surface area contributed by atoms with E-state index in [1.54, 1.807) is 59.3 Å².